The third kappa shape index (κ3) is 3.20. The second kappa shape index (κ2) is 6.05. The zero-order valence-electron chi connectivity index (χ0n) is 11.9. The Bertz CT molecular complexity index is 726. The van der Waals surface area contributed by atoms with Crippen molar-refractivity contribution in [1.82, 2.24) is 13.9 Å². The predicted molar refractivity (Wildman–Crippen MR) is 79.9 cm³/mol. The van der Waals surface area contributed by atoms with Gasteiger partial charge in [0.15, 0.2) is 0 Å². The van der Waals surface area contributed by atoms with Crippen LogP contribution in [-0.4, -0.2) is 36.4 Å². The van der Waals surface area contributed by atoms with E-state index in [1.807, 2.05) is 12.1 Å². The van der Waals surface area contributed by atoms with Crippen LogP contribution in [-0.2, 0) is 23.6 Å². The number of sulfonamides is 1. The Kier molecular flexibility index (Phi) is 4.55. The van der Waals surface area contributed by atoms with Gasteiger partial charge < -0.3 is 9.30 Å². The zero-order valence-corrected chi connectivity index (χ0v) is 13.5. The lowest BCUT2D eigenvalue weighted by atomic mass is 10.2. The third-order valence-electron chi connectivity index (χ3n) is 3.05. The number of rotatable bonds is 5. The van der Waals surface area contributed by atoms with E-state index in [-0.39, 0.29) is 16.7 Å². The van der Waals surface area contributed by atoms with Crippen LogP contribution in [0.2, 0.25) is 5.15 Å². The largest absolute Gasteiger partial charge is 0.497 e. The SMILES string of the molecule is COc1ccc(CN(C)S(=O)(=O)c2ncn(C)c2Cl)cc1. The van der Waals surface area contributed by atoms with Gasteiger partial charge in [-0.15, -0.1) is 0 Å². The van der Waals surface area contributed by atoms with Crippen molar-refractivity contribution < 1.29 is 13.2 Å². The Morgan fingerprint density at radius 3 is 2.43 bits per heavy atom. The molecule has 0 atom stereocenters. The van der Waals surface area contributed by atoms with Crippen LogP contribution in [0.3, 0.4) is 0 Å². The van der Waals surface area contributed by atoms with E-state index in [2.05, 4.69) is 4.98 Å². The van der Waals surface area contributed by atoms with Gasteiger partial charge in [0.2, 0.25) is 5.03 Å². The molecule has 0 spiro atoms. The molecule has 0 bridgehead atoms. The van der Waals surface area contributed by atoms with Gasteiger partial charge in [-0.2, -0.15) is 4.31 Å². The fraction of sp³-hybridized carbons (Fsp3) is 0.308. The van der Waals surface area contributed by atoms with Crippen molar-refractivity contribution in [3.8, 4) is 5.75 Å². The Morgan fingerprint density at radius 2 is 1.95 bits per heavy atom. The maximum absolute atomic E-state index is 12.4. The molecule has 0 fully saturated rings. The maximum atomic E-state index is 12.4. The van der Waals surface area contributed by atoms with Crippen molar-refractivity contribution in [3.05, 3.63) is 41.3 Å². The van der Waals surface area contributed by atoms with Crippen LogP contribution >= 0.6 is 11.6 Å². The summed E-state index contributed by atoms with van der Waals surface area (Å²) in [6.07, 6.45) is 1.37. The van der Waals surface area contributed by atoms with E-state index in [4.69, 9.17) is 16.3 Å². The average molecular weight is 330 g/mol. The van der Waals surface area contributed by atoms with Crippen LogP contribution in [0, 0.1) is 0 Å². The number of methoxy groups -OCH3 is 1. The highest BCUT2D eigenvalue weighted by atomic mass is 35.5. The quantitative estimate of drug-likeness (QED) is 0.840. The summed E-state index contributed by atoms with van der Waals surface area (Å²) in [7, 11) is 0.981. The number of aryl methyl sites for hydroxylation is 1. The summed E-state index contributed by atoms with van der Waals surface area (Å²) < 4.78 is 32.6. The first-order valence-corrected chi connectivity index (χ1v) is 7.94. The van der Waals surface area contributed by atoms with Crippen LogP contribution in [0.4, 0.5) is 0 Å². The number of ether oxygens (including phenoxy) is 1. The molecule has 1 aromatic carbocycles. The minimum Gasteiger partial charge on any atom is -0.497 e. The molecule has 0 aliphatic carbocycles. The van der Waals surface area contributed by atoms with Crippen LogP contribution in [0.1, 0.15) is 5.56 Å². The summed E-state index contributed by atoms with van der Waals surface area (Å²) in [6.45, 7) is 0.221. The van der Waals surface area contributed by atoms with Crippen molar-refractivity contribution in [2.45, 2.75) is 11.6 Å². The average Bonchev–Trinajstić information content (AvgIpc) is 2.80. The maximum Gasteiger partial charge on any atom is 0.263 e. The number of hydrogen-bond donors (Lipinski definition) is 0. The minimum atomic E-state index is -3.72. The van der Waals surface area contributed by atoms with Gasteiger partial charge in [-0.05, 0) is 17.7 Å². The topological polar surface area (TPSA) is 64.4 Å². The first kappa shape index (κ1) is 15.8. The smallest absolute Gasteiger partial charge is 0.263 e. The fourth-order valence-electron chi connectivity index (χ4n) is 1.79. The first-order valence-electron chi connectivity index (χ1n) is 6.12. The lowest BCUT2D eigenvalue weighted by Gasteiger charge is -2.16. The first-order chi connectivity index (χ1) is 9.86. The Hall–Kier alpha value is -1.57. The molecule has 0 aliphatic heterocycles. The van der Waals surface area contributed by atoms with E-state index in [9.17, 15) is 8.42 Å². The summed E-state index contributed by atoms with van der Waals surface area (Å²) in [5.74, 6) is 0.719. The molecule has 114 valence electrons. The van der Waals surface area contributed by atoms with E-state index in [0.29, 0.717) is 0 Å². The normalized spacial score (nSPS) is 11.9. The summed E-state index contributed by atoms with van der Waals surface area (Å²) in [4.78, 5) is 3.86. The summed E-state index contributed by atoms with van der Waals surface area (Å²) in [5.41, 5.74) is 0.842. The van der Waals surface area contributed by atoms with Crippen molar-refractivity contribution in [3.63, 3.8) is 0 Å². The molecule has 0 N–H and O–H groups in total. The molecule has 0 amide bonds. The molecule has 0 saturated carbocycles. The molecule has 0 unspecified atom stereocenters. The second-order valence-corrected chi connectivity index (χ2v) is 6.88. The van der Waals surface area contributed by atoms with E-state index in [0.717, 1.165) is 11.3 Å². The fourth-order valence-corrected chi connectivity index (χ4v) is 3.32. The van der Waals surface area contributed by atoms with Gasteiger partial charge in [0.1, 0.15) is 10.9 Å². The van der Waals surface area contributed by atoms with Crippen molar-refractivity contribution >= 4 is 21.6 Å². The van der Waals surface area contributed by atoms with Crippen LogP contribution in [0.15, 0.2) is 35.6 Å². The van der Waals surface area contributed by atoms with E-state index < -0.39 is 10.0 Å². The van der Waals surface area contributed by atoms with Gasteiger partial charge in [0.05, 0.1) is 13.4 Å². The van der Waals surface area contributed by atoms with Crippen LogP contribution in [0.25, 0.3) is 0 Å². The molecule has 2 rings (SSSR count). The number of imidazole rings is 1. The van der Waals surface area contributed by atoms with Crippen molar-refractivity contribution in [1.29, 1.82) is 0 Å². The van der Waals surface area contributed by atoms with Crippen molar-refractivity contribution in [2.75, 3.05) is 14.2 Å². The number of halogens is 1. The number of nitrogens with zero attached hydrogens (tertiary/aromatic N) is 3. The molecule has 1 aromatic heterocycles. The summed E-state index contributed by atoms with van der Waals surface area (Å²) in [5, 5.41) is -0.0424. The highest BCUT2D eigenvalue weighted by Crippen LogP contribution is 2.23. The lowest BCUT2D eigenvalue weighted by molar-refractivity contribution is 0.414. The molecule has 1 heterocycles. The third-order valence-corrected chi connectivity index (χ3v) is 5.35. The minimum absolute atomic E-state index is 0.0941. The Balaban J connectivity index is 2.22. The molecule has 0 radical (unpaired) electrons. The summed E-state index contributed by atoms with van der Waals surface area (Å²) >= 11 is 5.96. The zero-order chi connectivity index (χ0) is 15.6. The van der Waals surface area contributed by atoms with Crippen LogP contribution in [0.5, 0.6) is 5.75 Å². The number of aromatic nitrogens is 2. The van der Waals surface area contributed by atoms with Gasteiger partial charge in [-0.1, -0.05) is 23.7 Å². The Labute approximate surface area is 129 Å². The van der Waals surface area contributed by atoms with Gasteiger partial charge in [-0.3, -0.25) is 0 Å². The number of benzene rings is 1. The Morgan fingerprint density at radius 1 is 1.33 bits per heavy atom. The van der Waals surface area contributed by atoms with Gasteiger partial charge >= 0.3 is 0 Å². The molecule has 6 nitrogen and oxygen atoms in total. The highest BCUT2D eigenvalue weighted by molar-refractivity contribution is 7.89. The summed E-state index contributed by atoms with van der Waals surface area (Å²) in [6, 6.07) is 7.18. The van der Waals surface area contributed by atoms with E-state index in [1.54, 1.807) is 26.3 Å². The van der Waals surface area contributed by atoms with Gasteiger partial charge in [-0.25, -0.2) is 13.4 Å². The molecule has 21 heavy (non-hydrogen) atoms. The van der Waals surface area contributed by atoms with E-state index in [1.165, 1.54) is 22.2 Å². The highest BCUT2D eigenvalue weighted by Gasteiger charge is 2.27. The molecule has 0 saturated heterocycles. The van der Waals surface area contributed by atoms with Crippen molar-refractivity contribution in [2.24, 2.45) is 7.05 Å². The van der Waals surface area contributed by atoms with E-state index >= 15 is 0 Å². The number of hydrogen-bond acceptors (Lipinski definition) is 4. The molecular weight excluding hydrogens is 314 g/mol. The molecular formula is C13H16ClN3O3S. The predicted octanol–water partition coefficient (Wildman–Crippen LogP) is 1.90. The van der Waals surface area contributed by atoms with Gasteiger partial charge in [0, 0.05) is 20.6 Å². The monoisotopic (exact) mass is 329 g/mol. The molecule has 2 aromatic rings. The second-order valence-electron chi connectivity index (χ2n) is 4.56. The molecule has 8 heteroatoms. The molecule has 0 aliphatic rings. The van der Waals surface area contributed by atoms with Crippen LogP contribution < -0.4 is 4.74 Å². The lowest BCUT2D eigenvalue weighted by Crippen LogP contribution is -2.27. The standard InChI is InChI=1S/C13H16ClN3O3S/c1-16-9-15-13(12(16)14)21(18,19)17(2)8-10-4-6-11(20-3)7-5-10/h4-7,9H,8H2,1-3H3. The van der Waals surface area contributed by atoms with Gasteiger partial charge in [0.25, 0.3) is 10.0 Å².